The van der Waals surface area contributed by atoms with Gasteiger partial charge in [0.15, 0.2) is 11.6 Å². The van der Waals surface area contributed by atoms with Gasteiger partial charge in [0.2, 0.25) is 0 Å². The standard InChI is InChI=1S/C18H25N5/c1-12-6-8-23(9-7-12)18-16(19)17(20-11-21-18)22-15-10-13(2)4-5-14(15)3/h4-5,10-12H,6-9,19H2,1-3H3,(H,20,21,22). The van der Waals surface area contributed by atoms with E-state index in [-0.39, 0.29) is 0 Å². The van der Waals surface area contributed by atoms with Gasteiger partial charge in [0.25, 0.3) is 0 Å². The molecule has 1 aromatic carbocycles. The normalized spacial score (nSPS) is 15.7. The summed E-state index contributed by atoms with van der Waals surface area (Å²) in [7, 11) is 0. The van der Waals surface area contributed by atoms with Crippen molar-refractivity contribution in [3.05, 3.63) is 35.7 Å². The van der Waals surface area contributed by atoms with Crippen molar-refractivity contribution in [3.63, 3.8) is 0 Å². The van der Waals surface area contributed by atoms with E-state index in [1.54, 1.807) is 6.33 Å². The van der Waals surface area contributed by atoms with Crippen molar-refractivity contribution >= 4 is 23.0 Å². The summed E-state index contributed by atoms with van der Waals surface area (Å²) in [5.74, 6) is 2.31. The molecule has 0 amide bonds. The van der Waals surface area contributed by atoms with Crippen LogP contribution in [0, 0.1) is 19.8 Å². The Kier molecular flexibility index (Phi) is 4.37. The van der Waals surface area contributed by atoms with Gasteiger partial charge in [-0.25, -0.2) is 9.97 Å². The van der Waals surface area contributed by atoms with Crippen molar-refractivity contribution in [2.24, 2.45) is 5.92 Å². The second kappa shape index (κ2) is 6.44. The minimum Gasteiger partial charge on any atom is -0.393 e. The number of nitrogens with zero attached hydrogens (tertiary/aromatic N) is 3. The quantitative estimate of drug-likeness (QED) is 0.905. The number of nitrogen functional groups attached to an aromatic ring is 1. The Morgan fingerprint density at radius 1 is 1.17 bits per heavy atom. The van der Waals surface area contributed by atoms with Crippen molar-refractivity contribution < 1.29 is 0 Å². The lowest BCUT2D eigenvalue weighted by molar-refractivity contribution is 0.437. The summed E-state index contributed by atoms with van der Waals surface area (Å²) in [4.78, 5) is 11.0. The van der Waals surface area contributed by atoms with E-state index in [0.29, 0.717) is 11.5 Å². The Balaban J connectivity index is 1.86. The molecule has 0 bridgehead atoms. The summed E-state index contributed by atoms with van der Waals surface area (Å²) in [6.07, 6.45) is 3.96. The van der Waals surface area contributed by atoms with Crippen LogP contribution in [0.5, 0.6) is 0 Å². The van der Waals surface area contributed by atoms with Gasteiger partial charge < -0.3 is 16.0 Å². The molecule has 1 saturated heterocycles. The Hall–Kier alpha value is -2.30. The zero-order chi connectivity index (χ0) is 16.4. The van der Waals surface area contributed by atoms with Crippen LogP contribution in [0.1, 0.15) is 30.9 Å². The van der Waals surface area contributed by atoms with Crippen molar-refractivity contribution in [1.29, 1.82) is 0 Å². The highest BCUT2D eigenvalue weighted by Gasteiger charge is 2.20. The van der Waals surface area contributed by atoms with E-state index >= 15 is 0 Å². The molecule has 0 spiro atoms. The van der Waals surface area contributed by atoms with E-state index in [1.165, 1.54) is 24.0 Å². The lowest BCUT2D eigenvalue weighted by atomic mass is 9.99. The third kappa shape index (κ3) is 3.38. The van der Waals surface area contributed by atoms with Crippen molar-refractivity contribution in [2.75, 3.05) is 29.0 Å². The molecule has 23 heavy (non-hydrogen) atoms. The maximum Gasteiger partial charge on any atom is 0.159 e. The first kappa shape index (κ1) is 15.6. The zero-order valence-electron chi connectivity index (χ0n) is 14.1. The minimum atomic E-state index is 0.628. The van der Waals surface area contributed by atoms with Crippen LogP contribution in [-0.2, 0) is 0 Å². The van der Waals surface area contributed by atoms with Crippen LogP contribution < -0.4 is 16.0 Å². The van der Waals surface area contributed by atoms with E-state index in [1.807, 2.05) is 0 Å². The molecule has 1 aliphatic rings. The predicted molar refractivity (Wildman–Crippen MR) is 96.3 cm³/mol. The first-order chi connectivity index (χ1) is 11.0. The van der Waals surface area contributed by atoms with E-state index < -0.39 is 0 Å². The highest BCUT2D eigenvalue weighted by molar-refractivity contribution is 5.79. The molecule has 122 valence electrons. The smallest absolute Gasteiger partial charge is 0.159 e. The maximum absolute atomic E-state index is 6.36. The zero-order valence-corrected chi connectivity index (χ0v) is 14.1. The molecule has 5 nitrogen and oxygen atoms in total. The fourth-order valence-corrected chi connectivity index (χ4v) is 2.96. The highest BCUT2D eigenvalue weighted by Crippen LogP contribution is 2.31. The molecule has 1 aliphatic heterocycles. The third-order valence-corrected chi connectivity index (χ3v) is 4.59. The largest absolute Gasteiger partial charge is 0.393 e. The van der Waals surface area contributed by atoms with E-state index in [2.05, 4.69) is 59.2 Å². The molecular formula is C18H25N5. The fourth-order valence-electron chi connectivity index (χ4n) is 2.96. The molecule has 0 saturated carbocycles. The molecule has 0 atom stereocenters. The number of benzene rings is 1. The van der Waals surface area contributed by atoms with Crippen molar-refractivity contribution in [1.82, 2.24) is 9.97 Å². The lowest BCUT2D eigenvalue weighted by Gasteiger charge is -2.32. The van der Waals surface area contributed by atoms with Crippen LogP contribution in [0.3, 0.4) is 0 Å². The van der Waals surface area contributed by atoms with Gasteiger partial charge in [-0.15, -0.1) is 0 Å². The van der Waals surface area contributed by atoms with Gasteiger partial charge in [-0.05, 0) is 49.8 Å². The van der Waals surface area contributed by atoms with E-state index in [4.69, 9.17) is 5.73 Å². The van der Waals surface area contributed by atoms with E-state index in [9.17, 15) is 0 Å². The fraction of sp³-hybridized carbons (Fsp3) is 0.444. The summed E-state index contributed by atoms with van der Waals surface area (Å²) >= 11 is 0. The average Bonchev–Trinajstić information content (AvgIpc) is 2.54. The van der Waals surface area contributed by atoms with Crippen LogP contribution >= 0.6 is 0 Å². The molecule has 0 unspecified atom stereocenters. The van der Waals surface area contributed by atoms with Gasteiger partial charge in [-0.3, -0.25) is 0 Å². The average molecular weight is 311 g/mol. The van der Waals surface area contributed by atoms with Gasteiger partial charge in [-0.2, -0.15) is 0 Å². The Bertz CT molecular complexity index is 690. The third-order valence-electron chi connectivity index (χ3n) is 4.59. The first-order valence-electron chi connectivity index (χ1n) is 8.24. The summed E-state index contributed by atoms with van der Waals surface area (Å²) in [6, 6.07) is 6.31. The van der Waals surface area contributed by atoms with Crippen molar-refractivity contribution in [3.8, 4) is 0 Å². The Labute approximate surface area is 137 Å². The molecule has 1 fully saturated rings. The number of piperidine rings is 1. The second-order valence-electron chi connectivity index (χ2n) is 6.57. The summed E-state index contributed by atoms with van der Waals surface area (Å²) in [5, 5.41) is 3.37. The van der Waals surface area contributed by atoms with Crippen LogP contribution in [0.15, 0.2) is 24.5 Å². The Morgan fingerprint density at radius 3 is 2.65 bits per heavy atom. The van der Waals surface area contributed by atoms with Gasteiger partial charge in [-0.1, -0.05) is 19.1 Å². The summed E-state index contributed by atoms with van der Waals surface area (Å²) in [6.45, 7) is 8.46. The predicted octanol–water partition coefficient (Wildman–Crippen LogP) is 3.66. The number of aryl methyl sites for hydroxylation is 2. The number of hydrogen-bond donors (Lipinski definition) is 2. The minimum absolute atomic E-state index is 0.628. The molecule has 2 heterocycles. The van der Waals surface area contributed by atoms with Crippen LogP contribution in [0.2, 0.25) is 0 Å². The molecule has 3 N–H and O–H groups in total. The number of nitrogens with one attached hydrogen (secondary N) is 1. The molecular weight excluding hydrogens is 286 g/mol. The molecule has 2 aromatic rings. The van der Waals surface area contributed by atoms with Crippen LogP contribution in [0.25, 0.3) is 0 Å². The number of anilines is 4. The lowest BCUT2D eigenvalue weighted by Crippen LogP contribution is -2.34. The van der Waals surface area contributed by atoms with Gasteiger partial charge >= 0.3 is 0 Å². The van der Waals surface area contributed by atoms with E-state index in [0.717, 1.165) is 30.5 Å². The topological polar surface area (TPSA) is 67.1 Å². The SMILES string of the molecule is Cc1ccc(C)c(Nc2ncnc(N3CCC(C)CC3)c2N)c1. The molecule has 3 rings (SSSR count). The monoisotopic (exact) mass is 311 g/mol. The first-order valence-corrected chi connectivity index (χ1v) is 8.24. The maximum atomic E-state index is 6.36. The highest BCUT2D eigenvalue weighted by atomic mass is 15.2. The second-order valence-corrected chi connectivity index (χ2v) is 6.57. The van der Waals surface area contributed by atoms with Crippen LogP contribution in [0.4, 0.5) is 23.0 Å². The molecule has 0 radical (unpaired) electrons. The number of rotatable bonds is 3. The molecule has 0 aliphatic carbocycles. The van der Waals surface area contributed by atoms with Crippen LogP contribution in [-0.4, -0.2) is 23.1 Å². The summed E-state index contributed by atoms with van der Waals surface area (Å²) in [5.41, 5.74) is 10.4. The number of nitrogens with two attached hydrogens (primary N) is 1. The molecule has 5 heteroatoms. The van der Waals surface area contributed by atoms with Crippen molar-refractivity contribution in [2.45, 2.75) is 33.6 Å². The number of aromatic nitrogens is 2. The molecule has 1 aromatic heterocycles. The van der Waals surface area contributed by atoms with Gasteiger partial charge in [0.05, 0.1) is 0 Å². The van der Waals surface area contributed by atoms with Gasteiger partial charge in [0, 0.05) is 18.8 Å². The summed E-state index contributed by atoms with van der Waals surface area (Å²) < 4.78 is 0. The van der Waals surface area contributed by atoms with Gasteiger partial charge in [0.1, 0.15) is 12.0 Å². The number of hydrogen-bond acceptors (Lipinski definition) is 5. The Morgan fingerprint density at radius 2 is 1.91 bits per heavy atom.